The van der Waals surface area contributed by atoms with Gasteiger partial charge in [-0.2, -0.15) is 0 Å². The number of nitrogens with zero attached hydrogens (tertiary/aromatic N) is 1. The van der Waals surface area contributed by atoms with E-state index in [9.17, 15) is 4.39 Å². The van der Waals surface area contributed by atoms with Crippen molar-refractivity contribution < 1.29 is 9.13 Å². The predicted octanol–water partition coefficient (Wildman–Crippen LogP) is 2.07. The first-order chi connectivity index (χ1) is 10.1. The lowest BCUT2D eigenvalue weighted by Crippen LogP contribution is -2.54. The number of hydrazine groups is 1. The van der Waals surface area contributed by atoms with E-state index in [4.69, 9.17) is 10.6 Å². The van der Waals surface area contributed by atoms with E-state index in [0.29, 0.717) is 13.0 Å². The molecule has 1 aromatic carbocycles. The van der Waals surface area contributed by atoms with Crippen molar-refractivity contribution in [2.45, 2.75) is 31.9 Å². The highest BCUT2D eigenvalue weighted by atomic mass is 79.9. The Labute approximate surface area is 133 Å². The van der Waals surface area contributed by atoms with Crippen molar-refractivity contribution in [3.63, 3.8) is 0 Å². The van der Waals surface area contributed by atoms with E-state index >= 15 is 0 Å². The molecule has 1 fully saturated rings. The summed E-state index contributed by atoms with van der Waals surface area (Å²) in [6.45, 7) is 5.78. The van der Waals surface area contributed by atoms with Gasteiger partial charge in [-0.1, -0.05) is 22.9 Å². The molecule has 0 radical (unpaired) electrons. The molecule has 118 valence electrons. The fourth-order valence-electron chi connectivity index (χ4n) is 2.73. The van der Waals surface area contributed by atoms with Gasteiger partial charge in [-0.15, -0.1) is 0 Å². The number of halogens is 2. The summed E-state index contributed by atoms with van der Waals surface area (Å²) in [4.78, 5) is 2.39. The van der Waals surface area contributed by atoms with E-state index < -0.39 is 0 Å². The Morgan fingerprint density at radius 2 is 2.38 bits per heavy atom. The molecule has 0 spiro atoms. The maximum atomic E-state index is 13.4. The lowest BCUT2D eigenvalue weighted by atomic mass is 10.0. The molecule has 0 bridgehead atoms. The topological polar surface area (TPSA) is 50.5 Å². The van der Waals surface area contributed by atoms with E-state index in [1.807, 2.05) is 0 Å². The number of nitrogens with one attached hydrogen (secondary N) is 1. The van der Waals surface area contributed by atoms with Gasteiger partial charge in [0.1, 0.15) is 5.82 Å². The summed E-state index contributed by atoms with van der Waals surface area (Å²) in [6, 6.07) is 4.67. The van der Waals surface area contributed by atoms with Gasteiger partial charge in [0.15, 0.2) is 0 Å². The predicted molar refractivity (Wildman–Crippen MR) is 85.4 cm³/mol. The number of hydrogen-bond acceptors (Lipinski definition) is 4. The summed E-state index contributed by atoms with van der Waals surface area (Å²) in [6.07, 6.45) is 1.77. The number of rotatable bonds is 6. The lowest BCUT2D eigenvalue weighted by Gasteiger charge is -2.36. The molecule has 1 saturated heterocycles. The summed E-state index contributed by atoms with van der Waals surface area (Å²) in [5, 5.41) is 0. The van der Waals surface area contributed by atoms with Crippen LogP contribution < -0.4 is 11.3 Å². The van der Waals surface area contributed by atoms with Crippen molar-refractivity contribution >= 4 is 15.9 Å². The minimum absolute atomic E-state index is 0.0190. The smallest absolute Gasteiger partial charge is 0.123 e. The molecule has 2 rings (SSSR count). The summed E-state index contributed by atoms with van der Waals surface area (Å²) in [5.74, 6) is 5.47. The monoisotopic (exact) mass is 359 g/mol. The molecule has 0 amide bonds. The Hall–Kier alpha value is -0.530. The molecule has 1 aliphatic rings. The van der Waals surface area contributed by atoms with E-state index in [0.717, 1.165) is 36.1 Å². The van der Waals surface area contributed by atoms with E-state index in [-0.39, 0.29) is 18.0 Å². The third-order valence-electron chi connectivity index (χ3n) is 3.83. The first-order valence-electron chi connectivity index (χ1n) is 7.38. The van der Waals surface area contributed by atoms with Crippen LogP contribution in [0.4, 0.5) is 4.39 Å². The molecule has 6 heteroatoms. The zero-order chi connectivity index (χ0) is 15.2. The Morgan fingerprint density at radius 3 is 3.10 bits per heavy atom. The van der Waals surface area contributed by atoms with E-state index in [1.54, 1.807) is 12.1 Å². The van der Waals surface area contributed by atoms with Crippen molar-refractivity contribution in [1.29, 1.82) is 0 Å². The number of benzene rings is 1. The minimum atomic E-state index is -0.235. The second kappa shape index (κ2) is 8.19. The third kappa shape index (κ3) is 4.72. The van der Waals surface area contributed by atoms with Crippen molar-refractivity contribution in [3.8, 4) is 0 Å². The molecular weight excluding hydrogens is 337 g/mol. The van der Waals surface area contributed by atoms with Crippen LogP contribution in [0.1, 0.15) is 18.9 Å². The van der Waals surface area contributed by atoms with Crippen molar-refractivity contribution in [1.82, 2.24) is 10.3 Å². The molecule has 4 nitrogen and oxygen atoms in total. The van der Waals surface area contributed by atoms with Crippen LogP contribution in [0.5, 0.6) is 0 Å². The van der Waals surface area contributed by atoms with Crippen molar-refractivity contribution in [3.05, 3.63) is 34.1 Å². The first kappa shape index (κ1) is 16.8. The van der Waals surface area contributed by atoms with Crippen LogP contribution in [0.3, 0.4) is 0 Å². The van der Waals surface area contributed by atoms with Crippen LogP contribution in [0.25, 0.3) is 0 Å². The minimum Gasteiger partial charge on any atom is -0.374 e. The zero-order valence-electron chi connectivity index (χ0n) is 12.3. The highest BCUT2D eigenvalue weighted by molar-refractivity contribution is 9.10. The maximum absolute atomic E-state index is 13.4. The Balaban J connectivity index is 2.03. The van der Waals surface area contributed by atoms with E-state index in [2.05, 4.69) is 33.2 Å². The summed E-state index contributed by atoms with van der Waals surface area (Å²) < 4.78 is 20.1. The van der Waals surface area contributed by atoms with Gasteiger partial charge in [0, 0.05) is 17.6 Å². The molecule has 0 saturated carbocycles. The molecule has 1 heterocycles. The SMILES string of the molecule is CCCN1CCOC(C(Cc2cc(F)ccc2Br)NN)C1. The second-order valence-electron chi connectivity index (χ2n) is 5.42. The van der Waals surface area contributed by atoms with Crippen LogP contribution >= 0.6 is 15.9 Å². The van der Waals surface area contributed by atoms with Crippen LogP contribution in [0.15, 0.2) is 22.7 Å². The van der Waals surface area contributed by atoms with Gasteiger partial charge in [-0.05, 0) is 43.1 Å². The Bertz CT molecular complexity index is 459. The molecule has 3 N–H and O–H groups in total. The Kier molecular flexibility index (Phi) is 6.57. The van der Waals surface area contributed by atoms with Gasteiger partial charge in [-0.25, -0.2) is 4.39 Å². The quantitative estimate of drug-likeness (QED) is 0.603. The largest absolute Gasteiger partial charge is 0.374 e. The third-order valence-corrected chi connectivity index (χ3v) is 4.60. The summed E-state index contributed by atoms with van der Waals surface area (Å²) in [7, 11) is 0. The Morgan fingerprint density at radius 1 is 1.57 bits per heavy atom. The van der Waals surface area contributed by atoms with Gasteiger partial charge in [0.2, 0.25) is 0 Å². The molecule has 21 heavy (non-hydrogen) atoms. The summed E-state index contributed by atoms with van der Waals surface area (Å²) >= 11 is 3.46. The molecule has 2 unspecified atom stereocenters. The van der Waals surface area contributed by atoms with Crippen molar-refractivity contribution in [2.24, 2.45) is 5.84 Å². The molecule has 1 aromatic rings. The van der Waals surface area contributed by atoms with Crippen molar-refractivity contribution in [2.75, 3.05) is 26.2 Å². The highest BCUT2D eigenvalue weighted by Crippen LogP contribution is 2.21. The van der Waals surface area contributed by atoms with E-state index in [1.165, 1.54) is 6.07 Å². The average molecular weight is 360 g/mol. The first-order valence-corrected chi connectivity index (χ1v) is 8.17. The average Bonchev–Trinajstić information content (AvgIpc) is 2.49. The fourth-order valence-corrected chi connectivity index (χ4v) is 3.14. The van der Waals surface area contributed by atoms with Gasteiger partial charge in [0.25, 0.3) is 0 Å². The van der Waals surface area contributed by atoms with Crippen LogP contribution in [0, 0.1) is 5.82 Å². The number of hydrogen-bond donors (Lipinski definition) is 2. The number of nitrogens with two attached hydrogens (primary N) is 1. The van der Waals surface area contributed by atoms with Gasteiger partial charge < -0.3 is 4.74 Å². The fraction of sp³-hybridized carbons (Fsp3) is 0.600. The molecule has 2 atom stereocenters. The zero-order valence-corrected chi connectivity index (χ0v) is 13.9. The highest BCUT2D eigenvalue weighted by Gasteiger charge is 2.27. The standard InChI is InChI=1S/C15H23BrFN3O/c1-2-5-20-6-7-21-15(10-20)14(19-18)9-11-8-12(17)3-4-13(11)16/h3-4,8,14-15,19H,2,5-7,9-10,18H2,1H3. The van der Waals surface area contributed by atoms with Crippen LogP contribution in [-0.4, -0.2) is 43.3 Å². The molecule has 1 aliphatic heterocycles. The van der Waals surface area contributed by atoms with Gasteiger partial charge >= 0.3 is 0 Å². The van der Waals surface area contributed by atoms with Gasteiger partial charge in [-0.3, -0.25) is 16.2 Å². The van der Waals surface area contributed by atoms with Crippen LogP contribution in [0.2, 0.25) is 0 Å². The van der Waals surface area contributed by atoms with Crippen LogP contribution in [-0.2, 0) is 11.2 Å². The lowest BCUT2D eigenvalue weighted by molar-refractivity contribution is -0.0462. The molecular formula is C15H23BrFN3O. The normalized spacial score (nSPS) is 21.4. The number of morpholine rings is 1. The maximum Gasteiger partial charge on any atom is 0.123 e. The second-order valence-corrected chi connectivity index (χ2v) is 6.28. The van der Waals surface area contributed by atoms with Gasteiger partial charge in [0.05, 0.1) is 18.8 Å². The molecule has 0 aliphatic carbocycles. The number of ether oxygens (including phenoxy) is 1. The molecule has 0 aromatic heterocycles. The summed E-state index contributed by atoms with van der Waals surface area (Å²) in [5.41, 5.74) is 3.73.